The molecule has 2 aromatic rings. The summed E-state index contributed by atoms with van der Waals surface area (Å²) in [5, 5.41) is 9.85. The summed E-state index contributed by atoms with van der Waals surface area (Å²) in [5.74, 6) is -0.633. The summed E-state index contributed by atoms with van der Waals surface area (Å²) in [4.78, 5) is 12.5. The predicted molar refractivity (Wildman–Crippen MR) is 83.6 cm³/mol. The van der Waals surface area contributed by atoms with Crippen LogP contribution in [0.3, 0.4) is 0 Å². The van der Waals surface area contributed by atoms with E-state index in [2.05, 4.69) is 12.6 Å². The molecule has 0 saturated heterocycles. The Morgan fingerprint density at radius 1 is 1.26 bits per heavy atom. The molecule has 3 nitrogen and oxygen atoms in total. The minimum atomic E-state index is -0.560. The van der Waals surface area contributed by atoms with E-state index in [1.165, 1.54) is 6.07 Å². The maximum Gasteiger partial charge on any atom is 0.342 e. The Morgan fingerprint density at radius 2 is 1.95 bits per heavy atom. The fourth-order valence-electron chi connectivity index (χ4n) is 1.54. The van der Waals surface area contributed by atoms with Gasteiger partial charge in [0.2, 0.25) is 0 Å². The lowest BCUT2D eigenvalue weighted by Crippen LogP contribution is -2.06. The molecule has 0 heterocycles. The van der Waals surface area contributed by atoms with Gasteiger partial charge in [0.25, 0.3) is 0 Å². The van der Waals surface area contributed by atoms with Gasteiger partial charge in [-0.25, -0.2) is 4.79 Å². The molecule has 0 aliphatic carbocycles. The molecule has 0 bridgehead atoms. The molecule has 19 heavy (non-hydrogen) atoms. The van der Waals surface area contributed by atoms with Gasteiger partial charge in [-0.05, 0) is 40.3 Å². The quantitative estimate of drug-likeness (QED) is 0.481. The molecule has 5 heteroatoms. The van der Waals surface area contributed by atoms with Crippen molar-refractivity contribution in [3.8, 4) is 5.75 Å². The van der Waals surface area contributed by atoms with E-state index >= 15 is 0 Å². The van der Waals surface area contributed by atoms with Crippen LogP contribution in [-0.4, -0.2) is 11.1 Å². The lowest BCUT2D eigenvalue weighted by atomic mass is 10.2. The van der Waals surface area contributed by atoms with Gasteiger partial charge in [-0.2, -0.15) is 0 Å². The van der Waals surface area contributed by atoms with Gasteiger partial charge in [-0.1, -0.05) is 30.3 Å². The first kappa shape index (κ1) is 14.2. The number of rotatable bonds is 3. The summed E-state index contributed by atoms with van der Waals surface area (Å²) >= 11 is 6.12. The largest absolute Gasteiger partial charge is 0.506 e. The molecule has 0 fully saturated rings. The Bertz CT molecular complexity index is 599. The number of carbonyl (C=O) groups is 1. The minimum Gasteiger partial charge on any atom is -0.506 e. The Kier molecular flexibility index (Phi) is 4.71. The van der Waals surface area contributed by atoms with E-state index in [1.54, 1.807) is 6.07 Å². The highest BCUT2D eigenvalue weighted by Crippen LogP contribution is 2.28. The van der Waals surface area contributed by atoms with Gasteiger partial charge in [0.15, 0.2) is 0 Å². The third kappa shape index (κ3) is 3.63. The van der Waals surface area contributed by atoms with Crippen LogP contribution in [0.15, 0.2) is 47.4 Å². The molecular weight excluding hydrogens is 375 g/mol. The highest BCUT2D eigenvalue weighted by Gasteiger charge is 2.16. The van der Waals surface area contributed by atoms with Crippen molar-refractivity contribution in [3.05, 3.63) is 57.2 Å². The van der Waals surface area contributed by atoms with Crippen LogP contribution >= 0.6 is 35.2 Å². The smallest absolute Gasteiger partial charge is 0.342 e. The summed E-state index contributed by atoms with van der Waals surface area (Å²) in [6.45, 7) is 0.173. The van der Waals surface area contributed by atoms with Gasteiger partial charge in [0.1, 0.15) is 17.9 Å². The van der Waals surface area contributed by atoms with Crippen molar-refractivity contribution in [1.82, 2.24) is 0 Å². The third-order valence-corrected chi connectivity index (χ3v) is 3.56. The van der Waals surface area contributed by atoms with Crippen LogP contribution in [0, 0.1) is 3.57 Å². The van der Waals surface area contributed by atoms with Gasteiger partial charge in [-0.3, -0.25) is 0 Å². The minimum absolute atomic E-state index is 0.0727. The van der Waals surface area contributed by atoms with Crippen molar-refractivity contribution in [3.63, 3.8) is 0 Å². The fraction of sp³-hybridized carbons (Fsp3) is 0.0714. The van der Waals surface area contributed by atoms with E-state index in [0.29, 0.717) is 8.47 Å². The van der Waals surface area contributed by atoms with Crippen molar-refractivity contribution in [2.75, 3.05) is 0 Å². The molecule has 0 unspecified atom stereocenters. The van der Waals surface area contributed by atoms with Crippen molar-refractivity contribution in [2.24, 2.45) is 0 Å². The van der Waals surface area contributed by atoms with E-state index < -0.39 is 5.97 Å². The van der Waals surface area contributed by atoms with Crippen LogP contribution < -0.4 is 0 Å². The number of hydrogen-bond acceptors (Lipinski definition) is 4. The summed E-state index contributed by atoms with van der Waals surface area (Å²) in [5.41, 5.74) is 1.03. The van der Waals surface area contributed by atoms with Crippen molar-refractivity contribution >= 4 is 41.2 Å². The lowest BCUT2D eigenvalue weighted by molar-refractivity contribution is 0.0469. The van der Waals surface area contributed by atoms with E-state index in [1.807, 2.05) is 52.9 Å². The monoisotopic (exact) mass is 386 g/mol. The molecule has 0 radical (unpaired) electrons. The summed E-state index contributed by atoms with van der Waals surface area (Å²) in [6.07, 6.45) is 0. The highest BCUT2D eigenvalue weighted by molar-refractivity contribution is 14.1. The number of thiol groups is 1. The number of esters is 1. The maximum absolute atomic E-state index is 11.9. The first-order valence-corrected chi connectivity index (χ1v) is 7.03. The molecule has 0 aliphatic rings. The number of halogens is 1. The second kappa shape index (κ2) is 6.29. The van der Waals surface area contributed by atoms with Crippen molar-refractivity contribution < 1.29 is 14.6 Å². The van der Waals surface area contributed by atoms with Crippen LogP contribution in [0.25, 0.3) is 0 Å². The fourth-order valence-corrected chi connectivity index (χ4v) is 2.67. The van der Waals surface area contributed by atoms with Gasteiger partial charge in [-0.15, -0.1) is 12.6 Å². The van der Waals surface area contributed by atoms with Gasteiger partial charge in [0, 0.05) is 4.90 Å². The zero-order chi connectivity index (χ0) is 13.8. The lowest BCUT2D eigenvalue weighted by Gasteiger charge is -2.08. The number of hydrogen-bond donors (Lipinski definition) is 2. The van der Waals surface area contributed by atoms with Crippen LogP contribution in [0.2, 0.25) is 0 Å². The summed E-state index contributed by atoms with van der Waals surface area (Å²) < 4.78 is 5.74. The highest BCUT2D eigenvalue weighted by atomic mass is 127. The Balaban J connectivity index is 2.13. The molecule has 2 aromatic carbocycles. The number of aromatic hydroxyl groups is 1. The number of carbonyl (C=O) groups excluding carboxylic acids is 1. The number of phenols is 1. The van der Waals surface area contributed by atoms with Gasteiger partial charge in [0.05, 0.1) is 3.57 Å². The Labute approximate surface area is 130 Å². The SMILES string of the molecule is O=C(OCc1ccccc1)c1cc(S)cc(I)c1O. The van der Waals surface area contributed by atoms with Gasteiger partial charge < -0.3 is 9.84 Å². The van der Waals surface area contributed by atoms with Gasteiger partial charge >= 0.3 is 5.97 Å². The molecule has 0 spiro atoms. The first-order valence-electron chi connectivity index (χ1n) is 5.50. The Morgan fingerprint density at radius 3 is 2.63 bits per heavy atom. The molecule has 1 N–H and O–H groups in total. The molecule has 98 valence electrons. The Hall–Kier alpha value is -1.21. The second-order valence-corrected chi connectivity index (χ2v) is 5.56. The third-order valence-electron chi connectivity index (χ3n) is 2.48. The molecule has 0 amide bonds. The standard InChI is InChI=1S/C14H11IO3S/c15-12-7-10(19)6-11(13(12)16)14(17)18-8-9-4-2-1-3-5-9/h1-7,16,19H,8H2. The topological polar surface area (TPSA) is 46.5 Å². The average Bonchev–Trinajstić information content (AvgIpc) is 2.41. The molecule has 0 saturated carbocycles. The van der Waals surface area contributed by atoms with E-state index in [4.69, 9.17) is 4.74 Å². The van der Waals surface area contributed by atoms with E-state index in [-0.39, 0.29) is 17.9 Å². The summed E-state index contributed by atoms with van der Waals surface area (Å²) in [7, 11) is 0. The van der Waals surface area contributed by atoms with Crippen molar-refractivity contribution in [1.29, 1.82) is 0 Å². The zero-order valence-electron chi connectivity index (χ0n) is 9.84. The molecule has 0 atom stereocenters. The second-order valence-electron chi connectivity index (χ2n) is 3.89. The maximum atomic E-state index is 11.9. The molecule has 2 rings (SSSR count). The predicted octanol–water partition coefficient (Wildman–Crippen LogP) is 3.64. The van der Waals surface area contributed by atoms with Crippen LogP contribution in [0.5, 0.6) is 5.75 Å². The van der Waals surface area contributed by atoms with E-state index in [0.717, 1.165) is 5.56 Å². The zero-order valence-corrected chi connectivity index (χ0v) is 12.9. The first-order chi connectivity index (χ1) is 9.08. The molecule has 0 aromatic heterocycles. The van der Waals surface area contributed by atoms with E-state index in [9.17, 15) is 9.90 Å². The number of phenolic OH excluding ortho intramolecular Hbond substituents is 1. The average molecular weight is 386 g/mol. The number of ether oxygens (including phenoxy) is 1. The molecule has 0 aliphatic heterocycles. The van der Waals surface area contributed by atoms with Crippen molar-refractivity contribution in [2.45, 2.75) is 11.5 Å². The summed E-state index contributed by atoms with van der Waals surface area (Å²) in [6, 6.07) is 12.5. The normalized spacial score (nSPS) is 10.2. The number of benzene rings is 2. The van der Waals surface area contributed by atoms with Crippen LogP contribution in [-0.2, 0) is 11.3 Å². The molecular formula is C14H11IO3S. The van der Waals surface area contributed by atoms with Crippen LogP contribution in [0.1, 0.15) is 15.9 Å². The van der Waals surface area contributed by atoms with Crippen LogP contribution in [0.4, 0.5) is 0 Å².